The molecule has 108 valence electrons. The predicted molar refractivity (Wildman–Crippen MR) is 75.6 cm³/mol. The lowest BCUT2D eigenvalue weighted by Gasteiger charge is -2.24. The first kappa shape index (κ1) is 13.4. The summed E-state index contributed by atoms with van der Waals surface area (Å²) in [6.07, 6.45) is 4.78. The topological polar surface area (TPSA) is 58.4 Å². The first-order valence-electron chi connectivity index (χ1n) is 7.23. The highest BCUT2D eigenvalue weighted by Crippen LogP contribution is 2.34. The Morgan fingerprint density at radius 2 is 1.85 bits per heavy atom. The van der Waals surface area contributed by atoms with Gasteiger partial charge in [-0.3, -0.25) is 10.6 Å². The van der Waals surface area contributed by atoms with Crippen molar-refractivity contribution >= 4 is 11.6 Å². The Morgan fingerprint density at radius 3 is 2.35 bits per heavy atom. The molecule has 0 bridgehead atoms. The van der Waals surface area contributed by atoms with E-state index >= 15 is 0 Å². The van der Waals surface area contributed by atoms with Crippen LogP contribution < -0.4 is 11.3 Å². The van der Waals surface area contributed by atoms with Gasteiger partial charge in [-0.15, -0.1) is 0 Å². The lowest BCUT2D eigenvalue weighted by atomic mass is 10.1. The summed E-state index contributed by atoms with van der Waals surface area (Å²) in [6.45, 7) is 1.58. The summed E-state index contributed by atoms with van der Waals surface area (Å²) in [4.78, 5) is 14.5. The molecular weight excluding hydrogens is 257 g/mol. The van der Waals surface area contributed by atoms with Crippen molar-refractivity contribution in [2.24, 2.45) is 17.7 Å². The molecule has 20 heavy (non-hydrogen) atoms. The molecule has 0 radical (unpaired) electrons. The standard InChI is InChI=1S/C15H20FN3O/c16-13-3-1-2-12(14(13)18-17)15(20)19(8-10-4-5-10)9-11-6-7-11/h1-3,10-11,18H,4-9,17H2. The first-order valence-corrected chi connectivity index (χ1v) is 7.23. The SMILES string of the molecule is NNc1c(F)cccc1C(=O)N(CC1CC1)CC1CC1. The van der Waals surface area contributed by atoms with Gasteiger partial charge in [0.15, 0.2) is 0 Å². The van der Waals surface area contributed by atoms with Gasteiger partial charge in [0.05, 0.1) is 11.3 Å². The van der Waals surface area contributed by atoms with Crippen LogP contribution in [0.5, 0.6) is 0 Å². The third kappa shape index (κ3) is 2.93. The Labute approximate surface area is 118 Å². The summed E-state index contributed by atoms with van der Waals surface area (Å²) in [5.74, 6) is 6.00. The van der Waals surface area contributed by atoms with Crippen LogP contribution >= 0.6 is 0 Å². The number of para-hydroxylation sites is 1. The molecule has 2 aliphatic carbocycles. The number of halogens is 1. The fourth-order valence-corrected chi connectivity index (χ4v) is 2.48. The minimum atomic E-state index is -0.490. The molecule has 5 heteroatoms. The van der Waals surface area contributed by atoms with Gasteiger partial charge in [0.25, 0.3) is 5.91 Å². The molecule has 2 saturated carbocycles. The largest absolute Gasteiger partial charge is 0.338 e. The van der Waals surface area contributed by atoms with Crippen molar-refractivity contribution in [3.05, 3.63) is 29.6 Å². The Kier molecular flexibility index (Phi) is 3.61. The molecule has 3 rings (SSSR count). The van der Waals surface area contributed by atoms with E-state index in [0.717, 1.165) is 13.1 Å². The van der Waals surface area contributed by atoms with E-state index in [1.54, 1.807) is 12.1 Å². The molecule has 1 aromatic rings. The first-order chi connectivity index (χ1) is 9.69. The van der Waals surface area contributed by atoms with Gasteiger partial charge in [-0.05, 0) is 49.7 Å². The molecule has 1 aromatic carbocycles. The van der Waals surface area contributed by atoms with Gasteiger partial charge in [-0.1, -0.05) is 6.07 Å². The van der Waals surface area contributed by atoms with E-state index < -0.39 is 5.82 Å². The van der Waals surface area contributed by atoms with Crippen molar-refractivity contribution in [3.63, 3.8) is 0 Å². The Morgan fingerprint density at radius 1 is 1.25 bits per heavy atom. The third-order valence-corrected chi connectivity index (χ3v) is 4.03. The molecule has 0 aromatic heterocycles. The van der Waals surface area contributed by atoms with E-state index in [4.69, 9.17) is 5.84 Å². The number of nitrogens with two attached hydrogens (primary N) is 1. The fraction of sp³-hybridized carbons (Fsp3) is 0.533. The summed E-state index contributed by atoms with van der Waals surface area (Å²) < 4.78 is 13.7. The second-order valence-electron chi connectivity index (χ2n) is 5.90. The second kappa shape index (κ2) is 5.40. The van der Waals surface area contributed by atoms with Gasteiger partial charge in [0.1, 0.15) is 5.82 Å². The highest BCUT2D eigenvalue weighted by molar-refractivity contribution is 5.99. The maximum Gasteiger partial charge on any atom is 0.256 e. The monoisotopic (exact) mass is 277 g/mol. The molecule has 2 aliphatic rings. The lowest BCUT2D eigenvalue weighted by Crippen LogP contribution is -2.35. The van der Waals surface area contributed by atoms with Crippen molar-refractivity contribution in [1.82, 2.24) is 4.90 Å². The number of carbonyl (C=O) groups excluding carboxylic acids is 1. The van der Waals surface area contributed by atoms with E-state index in [1.165, 1.54) is 31.7 Å². The van der Waals surface area contributed by atoms with Crippen LogP contribution in [0.25, 0.3) is 0 Å². The molecule has 0 aliphatic heterocycles. The van der Waals surface area contributed by atoms with E-state index in [1.807, 2.05) is 4.90 Å². The summed E-state index contributed by atoms with van der Waals surface area (Å²) >= 11 is 0. The fourth-order valence-electron chi connectivity index (χ4n) is 2.48. The molecule has 0 heterocycles. The van der Waals surface area contributed by atoms with E-state index in [2.05, 4.69) is 5.43 Å². The quantitative estimate of drug-likeness (QED) is 0.620. The van der Waals surface area contributed by atoms with Gasteiger partial charge in [0.2, 0.25) is 0 Å². The Hall–Kier alpha value is -1.62. The van der Waals surface area contributed by atoms with Crippen LogP contribution in [-0.4, -0.2) is 23.9 Å². The molecule has 0 spiro atoms. The van der Waals surface area contributed by atoms with Crippen LogP contribution in [0, 0.1) is 17.7 Å². The number of nitrogens with one attached hydrogen (secondary N) is 1. The molecule has 3 N–H and O–H groups in total. The zero-order valence-electron chi connectivity index (χ0n) is 11.4. The van der Waals surface area contributed by atoms with Gasteiger partial charge < -0.3 is 10.3 Å². The number of nitrogens with zero attached hydrogens (tertiary/aromatic N) is 1. The van der Waals surface area contributed by atoms with Crippen molar-refractivity contribution in [1.29, 1.82) is 0 Å². The van der Waals surface area contributed by atoms with Crippen molar-refractivity contribution < 1.29 is 9.18 Å². The predicted octanol–water partition coefficient (Wildman–Crippen LogP) is 2.37. The number of hydrogen-bond acceptors (Lipinski definition) is 3. The zero-order chi connectivity index (χ0) is 14.1. The van der Waals surface area contributed by atoms with Gasteiger partial charge >= 0.3 is 0 Å². The van der Waals surface area contributed by atoms with Crippen molar-refractivity contribution in [3.8, 4) is 0 Å². The minimum Gasteiger partial charge on any atom is -0.338 e. The van der Waals surface area contributed by atoms with Gasteiger partial charge in [0, 0.05) is 13.1 Å². The summed E-state index contributed by atoms with van der Waals surface area (Å²) in [7, 11) is 0. The van der Waals surface area contributed by atoms with Crippen LogP contribution in [0.15, 0.2) is 18.2 Å². The number of amides is 1. The minimum absolute atomic E-state index is 0.0918. The maximum absolute atomic E-state index is 13.7. The maximum atomic E-state index is 13.7. The number of benzene rings is 1. The molecule has 4 nitrogen and oxygen atoms in total. The zero-order valence-corrected chi connectivity index (χ0v) is 11.4. The Bertz CT molecular complexity index is 498. The van der Waals surface area contributed by atoms with E-state index in [-0.39, 0.29) is 11.6 Å². The summed E-state index contributed by atoms with van der Waals surface area (Å²) in [6, 6.07) is 4.49. The molecule has 0 saturated heterocycles. The van der Waals surface area contributed by atoms with Crippen LogP contribution in [0.4, 0.5) is 10.1 Å². The number of nitrogen functional groups attached to an aromatic ring is 1. The molecule has 2 fully saturated rings. The Balaban J connectivity index is 1.81. The average molecular weight is 277 g/mol. The van der Waals surface area contributed by atoms with E-state index in [0.29, 0.717) is 17.4 Å². The molecule has 0 unspecified atom stereocenters. The molecule has 0 atom stereocenters. The summed E-state index contributed by atoms with van der Waals surface area (Å²) in [5, 5.41) is 0. The van der Waals surface area contributed by atoms with Crippen molar-refractivity contribution in [2.75, 3.05) is 18.5 Å². The lowest BCUT2D eigenvalue weighted by molar-refractivity contribution is 0.0740. The van der Waals surface area contributed by atoms with Crippen LogP contribution in [0.1, 0.15) is 36.0 Å². The third-order valence-electron chi connectivity index (χ3n) is 4.03. The van der Waals surface area contributed by atoms with Crippen LogP contribution in [0.3, 0.4) is 0 Å². The van der Waals surface area contributed by atoms with Crippen LogP contribution in [-0.2, 0) is 0 Å². The van der Waals surface area contributed by atoms with Crippen LogP contribution in [0.2, 0.25) is 0 Å². The average Bonchev–Trinajstić information content (AvgIpc) is 3.32. The number of hydrazine groups is 1. The summed E-state index contributed by atoms with van der Waals surface area (Å²) in [5.41, 5.74) is 2.73. The highest BCUT2D eigenvalue weighted by Gasteiger charge is 2.32. The number of carbonyl (C=O) groups is 1. The number of hydrogen-bond donors (Lipinski definition) is 2. The smallest absolute Gasteiger partial charge is 0.256 e. The normalized spacial score (nSPS) is 17.9. The highest BCUT2D eigenvalue weighted by atomic mass is 19.1. The number of rotatable bonds is 6. The number of anilines is 1. The second-order valence-corrected chi connectivity index (χ2v) is 5.90. The van der Waals surface area contributed by atoms with Gasteiger partial charge in [-0.25, -0.2) is 4.39 Å². The molecular formula is C15H20FN3O. The van der Waals surface area contributed by atoms with Crippen molar-refractivity contribution in [2.45, 2.75) is 25.7 Å². The molecule has 1 amide bonds. The van der Waals surface area contributed by atoms with Gasteiger partial charge in [-0.2, -0.15) is 0 Å². The van der Waals surface area contributed by atoms with E-state index in [9.17, 15) is 9.18 Å².